The first-order valence-electron chi connectivity index (χ1n) is 11.2. The van der Waals surface area contributed by atoms with Gasteiger partial charge in [-0.2, -0.15) is 0 Å². The Kier molecular flexibility index (Phi) is 5.62. The zero-order valence-corrected chi connectivity index (χ0v) is 20.2. The van der Waals surface area contributed by atoms with Gasteiger partial charge in [-0.05, 0) is 50.5 Å². The van der Waals surface area contributed by atoms with E-state index in [1.807, 2.05) is 26.8 Å². The van der Waals surface area contributed by atoms with Crippen molar-refractivity contribution in [1.82, 2.24) is 15.3 Å². The van der Waals surface area contributed by atoms with Gasteiger partial charge in [0.25, 0.3) is 5.91 Å². The van der Waals surface area contributed by atoms with Gasteiger partial charge in [-0.3, -0.25) is 4.79 Å². The smallest absolute Gasteiger partial charge is 0.263 e. The Bertz CT molecular complexity index is 1230. The van der Waals surface area contributed by atoms with E-state index in [9.17, 15) is 4.79 Å². The molecule has 1 fully saturated rings. The summed E-state index contributed by atoms with van der Waals surface area (Å²) >= 11 is 1.49. The molecule has 0 aliphatic carbocycles. The van der Waals surface area contributed by atoms with Crippen LogP contribution < -0.4 is 10.2 Å². The summed E-state index contributed by atoms with van der Waals surface area (Å²) in [6.07, 6.45) is 3.63. The highest BCUT2D eigenvalue weighted by Crippen LogP contribution is 2.34. The van der Waals surface area contributed by atoms with E-state index in [2.05, 4.69) is 38.7 Å². The van der Waals surface area contributed by atoms with Crippen molar-refractivity contribution >= 4 is 39.0 Å². The highest BCUT2D eigenvalue weighted by Gasteiger charge is 2.35. The number of thiazole rings is 1. The van der Waals surface area contributed by atoms with Crippen molar-refractivity contribution in [3.8, 4) is 0 Å². The van der Waals surface area contributed by atoms with Crippen molar-refractivity contribution in [2.75, 3.05) is 31.8 Å². The molecule has 2 N–H and O–H groups in total. The number of ether oxygens (including phenoxy) is 1. The van der Waals surface area contributed by atoms with Crippen LogP contribution in [0.15, 0.2) is 29.6 Å². The predicted molar refractivity (Wildman–Crippen MR) is 131 cm³/mol. The summed E-state index contributed by atoms with van der Waals surface area (Å²) < 4.78 is 5.85. The number of nitrogens with zero attached hydrogens (tertiary/aromatic N) is 3. The molecule has 2 aliphatic rings. The van der Waals surface area contributed by atoms with E-state index in [0.717, 1.165) is 51.9 Å². The normalized spacial score (nSPS) is 20.6. The highest BCUT2D eigenvalue weighted by molar-refractivity contribution is 7.17. The molecule has 0 bridgehead atoms. The number of hydrogen-bond donors (Lipinski definition) is 2. The molecule has 2 aromatic heterocycles. The number of nitrogens with one attached hydrogen (secondary N) is 2. The maximum Gasteiger partial charge on any atom is 0.263 e. The van der Waals surface area contributed by atoms with Crippen molar-refractivity contribution in [3.05, 3.63) is 46.1 Å². The number of amides is 1. The molecule has 4 heterocycles. The number of carbonyl (C=O) groups is 1. The van der Waals surface area contributed by atoms with Crippen molar-refractivity contribution < 1.29 is 14.4 Å². The SMILES string of the molecule is CO/N=C(\C)c1ccc2[nH]cc(C[C@H]3COCCN3c3nc4c(s3)C(=O)NC(C)(C)C4)c2c1. The lowest BCUT2D eigenvalue weighted by molar-refractivity contribution is 0.0900. The number of fused-ring (bicyclic) bond motifs is 2. The number of hydrogen-bond acceptors (Lipinski definition) is 7. The molecular formula is C24H29N5O3S. The second-order valence-corrected chi connectivity index (χ2v) is 10.3. The fourth-order valence-corrected chi connectivity index (χ4v) is 5.75. The molecule has 8 nitrogen and oxygen atoms in total. The highest BCUT2D eigenvalue weighted by atomic mass is 32.1. The molecule has 0 saturated carbocycles. The summed E-state index contributed by atoms with van der Waals surface area (Å²) in [4.78, 5) is 28.9. The molecule has 1 saturated heterocycles. The Labute approximate surface area is 197 Å². The van der Waals surface area contributed by atoms with E-state index in [4.69, 9.17) is 14.6 Å². The maximum atomic E-state index is 12.6. The molecule has 1 amide bonds. The maximum absolute atomic E-state index is 12.6. The topological polar surface area (TPSA) is 91.8 Å². The van der Waals surface area contributed by atoms with E-state index < -0.39 is 0 Å². The van der Waals surface area contributed by atoms with Gasteiger partial charge < -0.3 is 24.8 Å². The molecule has 174 valence electrons. The molecule has 1 atom stereocenters. The van der Waals surface area contributed by atoms with E-state index in [1.54, 1.807) is 7.11 Å². The largest absolute Gasteiger partial charge is 0.399 e. The van der Waals surface area contributed by atoms with Gasteiger partial charge in [-0.15, -0.1) is 0 Å². The van der Waals surface area contributed by atoms with Crippen LogP contribution in [0.5, 0.6) is 0 Å². The molecule has 1 aromatic carbocycles. The lowest BCUT2D eigenvalue weighted by atomic mass is 9.94. The monoisotopic (exact) mass is 467 g/mol. The van der Waals surface area contributed by atoms with Gasteiger partial charge in [-0.1, -0.05) is 22.6 Å². The number of aromatic amines is 1. The molecule has 3 aromatic rings. The fraction of sp³-hybridized carbons (Fsp3) is 0.458. The van der Waals surface area contributed by atoms with Gasteiger partial charge in [0.05, 0.1) is 30.7 Å². The van der Waals surface area contributed by atoms with E-state index in [1.165, 1.54) is 22.3 Å². The van der Waals surface area contributed by atoms with Crippen LogP contribution in [0.1, 0.15) is 47.3 Å². The van der Waals surface area contributed by atoms with Crippen LogP contribution in [0.3, 0.4) is 0 Å². The van der Waals surface area contributed by atoms with Crippen LogP contribution in [0.2, 0.25) is 0 Å². The molecule has 0 radical (unpaired) electrons. The average Bonchev–Trinajstić information content (AvgIpc) is 3.37. The predicted octanol–water partition coefficient (Wildman–Crippen LogP) is 3.51. The van der Waals surface area contributed by atoms with Gasteiger partial charge in [0.1, 0.15) is 12.0 Å². The summed E-state index contributed by atoms with van der Waals surface area (Å²) in [6.45, 7) is 8.05. The average molecular weight is 468 g/mol. The van der Waals surface area contributed by atoms with Crippen LogP contribution in [0.4, 0.5) is 5.13 Å². The standard InChI is InChI=1S/C24H29N5O3S/c1-14(28-31-4)15-5-6-19-18(10-15)16(12-25-19)9-17-13-32-8-7-29(17)23-26-20-11-24(2,3)27-22(30)21(20)33-23/h5-6,10,12,17,25H,7-9,11,13H2,1-4H3,(H,27,30)/b28-14+/t17-/m0/s1. The summed E-state index contributed by atoms with van der Waals surface area (Å²) in [5.41, 5.74) is 4.81. The third-order valence-corrected chi connectivity index (χ3v) is 7.43. The number of H-pyrrole nitrogens is 1. The Balaban J connectivity index is 1.44. The molecule has 9 heteroatoms. The second-order valence-electron chi connectivity index (χ2n) is 9.35. The summed E-state index contributed by atoms with van der Waals surface area (Å²) in [6, 6.07) is 6.41. The van der Waals surface area contributed by atoms with E-state index >= 15 is 0 Å². The van der Waals surface area contributed by atoms with Gasteiger partial charge in [0.2, 0.25) is 0 Å². The van der Waals surface area contributed by atoms with E-state index in [-0.39, 0.29) is 17.5 Å². The molecule has 2 aliphatic heterocycles. The summed E-state index contributed by atoms with van der Waals surface area (Å²) in [7, 11) is 1.56. The number of carbonyl (C=O) groups excluding carboxylic acids is 1. The van der Waals surface area contributed by atoms with E-state index in [0.29, 0.717) is 13.2 Å². The third-order valence-electron chi connectivity index (χ3n) is 6.30. The van der Waals surface area contributed by atoms with Crippen molar-refractivity contribution in [2.24, 2.45) is 5.16 Å². The van der Waals surface area contributed by atoms with Crippen LogP contribution >= 0.6 is 11.3 Å². The molecule has 33 heavy (non-hydrogen) atoms. The van der Waals surface area contributed by atoms with Crippen molar-refractivity contribution in [1.29, 1.82) is 0 Å². The first-order chi connectivity index (χ1) is 15.8. The third kappa shape index (κ3) is 4.22. The van der Waals surface area contributed by atoms with Crippen LogP contribution in [0, 0.1) is 0 Å². The Morgan fingerprint density at radius 2 is 2.27 bits per heavy atom. The number of oxime groups is 1. The Morgan fingerprint density at radius 3 is 3.09 bits per heavy atom. The van der Waals surface area contributed by atoms with Crippen molar-refractivity contribution in [3.63, 3.8) is 0 Å². The first-order valence-corrected chi connectivity index (χ1v) is 12.0. The number of benzene rings is 1. The zero-order chi connectivity index (χ0) is 23.2. The number of anilines is 1. The summed E-state index contributed by atoms with van der Waals surface area (Å²) in [5, 5.41) is 9.23. The molecule has 0 unspecified atom stereocenters. The lowest BCUT2D eigenvalue weighted by Gasteiger charge is -2.35. The number of aromatic nitrogens is 2. The van der Waals surface area contributed by atoms with Gasteiger partial charge >= 0.3 is 0 Å². The van der Waals surface area contributed by atoms with Gasteiger partial charge in [0.15, 0.2) is 5.13 Å². The molecular weight excluding hydrogens is 438 g/mol. The number of morpholine rings is 1. The Morgan fingerprint density at radius 1 is 1.42 bits per heavy atom. The van der Waals surface area contributed by atoms with Gasteiger partial charge in [-0.25, -0.2) is 4.98 Å². The quantitative estimate of drug-likeness (QED) is 0.443. The Hall–Kier alpha value is -2.91. The molecule has 5 rings (SSSR count). The second kappa shape index (κ2) is 8.46. The molecule has 0 spiro atoms. The van der Waals surface area contributed by atoms with Crippen LogP contribution in [-0.2, 0) is 22.4 Å². The fourth-order valence-electron chi connectivity index (χ4n) is 4.68. The van der Waals surface area contributed by atoms with Crippen molar-refractivity contribution in [2.45, 2.75) is 45.2 Å². The van der Waals surface area contributed by atoms with Crippen LogP contribution in [-0.4, -0.2) is 60.0 Å². The lowest BCUT2D eigenvalue weighted by Crippen LogP contribution is -2.48. The summed E-state index contributed by atoms with van der Waals surface area (Å²) in [5.74, 6) is -0.0212. The minimum atomic E-state index is -0.272. The minimum absolute atomic E-state index is 0.0212. The zero-order valence-electron chi connectivity index (χ0n) is 19.4. The minimum Gasteiger partial charge on any atom is -0.399 e. The first kappa shape index (κ1) is 21.9. The number of rotatable bonds is 5. The van der Waals surface area contributed by atoms with Gasteiger partial charge in [0, 0.05) is 35.6 Å². The van der Waals surface area contributed by atoms with Crippen LogP contribution in [0.25, 0.3) is 10.9 Å².